The number of nitrogens with zero attached hydrogens (tertiary/aromatic N) is 3. The molecule has 0 bridgehead atoms. The number of amides is 1. The molecule has 0 saturated heterocycles. The Morgan fingerprint density at radius 2 is 1.80 bits per heavy atom. The monoisotopic (exact) mass is 417 g/mol. The fraction of sp³-hybridized carbons (Fsp3) is 0.130. The summed E-state index contributed by atoms with van der Waals surface area (Å²) in [6, 6.07) is 18.1. The second-order valence-electron chi connectivity index (χ2n) is 6.72. The van der Waals surface area contributed by atoms with Gasteiger partial charge in [0.15, 0.2) is 5.13 Å². The number of carbonyl (C=O) groups is 2. The molecule has 4 aromatic rings. The molecule has 0 saturated carbocycles. The molecule has 0 N–H and O–H groups in total. The molecule has 150 valence electrons. The summed E-state index contributed by atoms with van der Waals surface area (Å²) in [5.41, 5.74) is 3.14. The highest BCUT2D eigenvalue weighted by Crippen LogP contribution is 2.31. The van der Waals surface area contributed by atoms with Gasteiger partial charge in [0, 0.05) is 6.20 Å². The number of hydrogen-bond donors (Lipinski definition) is 0. The van der Waals surface area contributed by atoms with Crippen LogP contribution in [-0.2, 0) is 11.3 Å². The third kappa shape index (κ3) is 3.92. The highest BCUT2D eigenvalue weighted by Gasteiger charge is 2.26. The molecule has 0 fully saturated rings. The number of benzene rings is 2. The van der Waals surface area contributed by atoms with Gasteiger partial charge in [-0.1, -0.05) is 35.6 Å². The number of hydrogen-bond acceptors (Lipinski definition) is 6. The van der Waals surface area contributed by atoms with E-state index in [-0.39, 0.29) is 23.6 Å². The third-order valence-corrected chi connectivity index (χ3v) is 5.66. The molecular weight excluding hydrogens is 398 g/mol. The maximum absolute atomic E-state index is 13.6. The highest BCUT2D eigenvalue weighted by atomic mass is 32.1. The van der Waals surface area contributed by atoms with Crippen molar-refractivity contribution in [3.63, 3.8) is 0 Å². The van der Waals surface area contributed by atoms with Crippen LogP contribution in [0.3, 0.4) is 0 Å². The zero-order valence-electron chi connectivity index (χ0n) is 16.5. The van der Waals surface area contributed by atoms with Crippen molar-refractivity contribution in [3.8, 4) is 0 Å². The van der Waals surface area contributed by atoms with Gasteiger partial charge in [-0.2, -0.15) is 0 Å². The number of aryl methyl sites for hydroxylation is 1. The van der Waals surface area contributed by atoms with Crippen molar-refractivity contribution in [3.05, 3.63) is 89.2 Å². The van der Waals surface area contributed by atoms with Gasteiger partial charge in [0.2, 0.25) is 0 Å². The Labute approximate surface area is 177 Å². The van der Waals surface area contributed by atoms with Gasteiger partial charge >= 0.3 is 5.97 Å². The van der Waals surface area contributed by atoms with Gasteiger partial charge in [-0.25, -0.2) is 9.78 Å². The summed E-state index contributed by atoms with van der Waals surface area (Å²) in [6.45, 7) is 2.25. The Hall–Kier alpha value is -3.58. The van der Waals surface area contributed by atoms with E-state index in [1.54, 1.807) is 35.4 Å². The lowest BCUT2D eigenvalue weighted by Gasteiger charge is -2.20. The number of ether oxygens (including phenoxy) is 1. The molecule has 1 amide bonds. The van der Waals surface area contributed by atoms with Gasteiger partial charge < -0.3 is 4.74 Å². The first kappa shape index (κ1) is 19.7. The van der Waals surface area contributed by atoms with Crippen molar-refractivity contribution < 1.29 is 14.3 Å². The molecule has 0 spiro atoms. The Kier molecular flexibility index (Phi) is 5.54. The van der Waals surface area contributed by atoms with Crippen LogP contribution in [0.25, 0.3) is 10.2 Å². The van der Waals surface area contributed by atoms with E-state index in [9.17, 15) is 9.59 Å². The molecule has 0 aliphatic heterocycles. The van der Waals surface area contributed by atoms with Crippen LogP contribution >= 0.6 is 11.3 Å². The fourth-order valence-corrected chi connectivity index (χ4v) is 4.18. The number of methoxy groups -OCH3 is 1. The number of esters is 1. The van der Waals surface area contributed by atoms with Crippen LogP contribution in [0.1, 0.15) is 32.0 Å². The summed E-state index contributed by atoms with van der Waals surface area (Å²) < 4.78 is 5.85. The number of carbonyl (C=O) groups excluding carboxylic acids is 2. The lowest BCUT2D eigenvalue weighted by atomic mass is 10.1. The van der Waals surface area contributed by atoms with Crippen molar-refractivity contribution in [1.29, 1.82) is 0 Å². The number of rotatable bonds is 5. The Bertz CT molecular complexity index is 1220. The first-order valence-electron chi connectivity index (χ1n) is 9.33. The second-order valence-corrected chi connectivity index (χ2v) is 7.73. The van der Waals surface area contributed by atoms with Crippen LogP contribution in [0.5, 0.6) is 0 Å². The first-order chi connectivity index (χ1) is 14.6. The van der Waals surface area contributed by atoms with Crippen molar-refractivity contribution >= 4 is 38.6 Å². The van der Waals surface area contributed by atoms with Gasteiger partial charge in [-0.15, -0.1) is 0 Å². The molecule has 2 heterocycles. The highest BCUT2D eigenvalue weighted by molar-refractivity contribution is 7.22. The zero-order chi connectivity index (χ0) is 21.1. The minimum atomic E-state index is -0.559. The molecule has 0 aliphatic rings. The van der Waals surface area contributed by atoms with E-state index in [4.69, 9.17) is 4.74 Å². The summed E-state index contributed by atoms with van der Waals surface area (Å²) in [6.07, 6.45) is 1.68. The number of aromatic nitrogens is 2. The van der Waals surface area contributed by atoms with Gasteiger partial charge in [0.1, 0.15) is 0 Å². The van der Waals surface area contributed by atoms with Crippen molar-refractivity contribution in [2.45, 2.75) is 13.5 Å². The van der Waals surface area contributed by atoms with Crippen LogP contribution in [0.4, 0.5) is 5.13 Å². The van der Waals surface area contributed by atoms with Crippen LogP contribution in [0.2, 0.25) is 0 Å². The molecule has 0 atom stereocenters. The van der Waals surface area contributed by atoms with E-state index in [2.05, 4.69) is 9.97 Å². The minimum Gasteiger partial charge on any atom is -0.465 e. The van der Waals surface area contributed by atoms with E-state index >= 15 is 0 Å². The van der Waals surface area contributed by atoms with E-state index in [0.717, 1.165) is 21.5 Å². The third-order valence-electron chi connectivity index (χ3n) is 4.62. The number of pyridine rings is 1. The average molecular weight is 417 g/mol. The largest absolute Gasteiger partial charge is 0.465 e. The molecule has 2 aromatic carbocycles. The molecule has 2 aromatic heterocycles. The van der Waals surface area contributed by atoms with Crippen LogP contribution < -0.4 is 4.90 Å². The number of thiazole rings is 1. The maximum atomic E-state index is 13.6. The predicted molar refractivity (Wildman–Crippen MR) is 117 cm³/mol. The van der Waals surface area contributed by atoms with Crippen molar-refractivity contribution in [1.82, 2.24) is 9.97 Å². The summed E-state index contributed by atoms with van der Waals surface area (Å²) in [4.78, 5) is 36.4. The topological polar surface area (TPSA) is 72.4 Å². The normalized spacial score (nSPS) is 10.7. The summed E-state index contributed by atoms with van der Waals surface area (Å²) in [7, 11) is 1.30. The van der Waals surface area contributed by atoms with Gasteiger partial charge in [0.25, 0.3) is 5.91 Å². The molecule has 4 rings (SSSR count). The smallest absolute Gasteiger partial charge is 0.338 e. The van der Waals surface area contributed by atoms with Gasteiger partial charge in [0.05, 0.1) is 40.7 Å². The summed E-state index contributed by atoms with van der Waals surface area (Å²) in [5.74, 6) is -0.894. The molecule has 7 heteroatoms. The summed E-state index contributed by atoms with van der Waals surface area (Å²) >= 11 is 1.43. The van der Waals surface area contributed by atoms with Crippen LogP contribution in [0.15, 0.2) is 66.9 Å². The van der Waals surface area contributed by atoms with Crippen molar-refractivity contribution in [2.24, 2.45) is 0 Å². The van der Waals surface area contributed by atoms with Gasteiger partial charge in [-0.3, -0.25) is 14.7 Å². The number of anilines is 1. The average Bonchev–Trinajstić information content (AvgIpc) is 3.20. The lowest BCUT2D eigenvalue weighted by molar-refractivity contribution is 0.0597. The Morgan fingerprint density at radius 3 is 2.53 bits per heavy atom. The molecular formula is C23H19N3O3S. The van der Waals surface area contributed by atoms with E-state index < -0.39 is 5.97 Å². The Balaban J connectivity index is 1.81. The van der Waals surface area contributed by atoms with E-state index in [0.29, 0.717) is 5.13 Å². The van der Waals surface area contributed by atoms with E-state index in [1.165, 1.54) is 18.4 Å². The summed E-state index contributed by atoms with van der Waals surface area (Å²) in [5, 5.41) is 0.547. The van der Waals surface area contributed by atoms with E-state index in [1.807, 2.05) is 43.3 Å². The minimum absolute atomic E-state index is 0.216. The Morgan fingerprint density at radius 1 is 1.03 bits per heavy atom. The maximum Gasteiger partial charge on any atom is 0.338 e. The lowest BCUT2D eigenvalue weighted by Crippen LogP contribution is -2.32. The fourth-order valence-electron chi connectivity index (χ4n) is 3.12. The molecule has 0 aliphatic carbocycles. The standard InChI is InChI=1S/C23H19N3O3S/c1-15-10-11-19-20(13-15)30-23(25-19)26(14-16-7-5-6-12-24-16)21(27)17-8-3-4-9-18(17)22(28)29-2/h3-13H,14H2,1-2H3. The van der Waals surface area contributed by atoms with Crippen molar-refractivity contribution in [2.75, 3.05) is 12.0 Å². The SMILES string of the molecule is COC(=O)c1ccccc1C(=O)N(Cc1ccccn1)c1nc2ccc(C)cc2s1. The van der Waals surface area contributed by atoms with Crippen LogP contribution in [-0.4, -0.2) is 29.0 Å². The zero-order valence-corrected chi connectivity index (χ0v) is 17.3. The molecule has 0 radical (unpaired) electrons. The van der Waals surface area contributed by atoms with Gasteiger partial charge in [-0.05, 0) is 48.9 Å². The molecule has 30 heavy (non-hydrogen) atoms. The van der Waals surface area contributed by atoms with Crippen LogP contribution in [0, 0.1) is 6.92 Å². The molecule has 0 unspecified atom stereocenters. The molecule has 6 nitrogen and oxygen atoms in total. The predicted octanol–water partition coefficient (Wildman–Crippen LogP) is 4.63. The second kappa shape index (κ2) is 8.42. The quantitative estimate of drug-likeness (QED) is 0.443. The number of fused-ring (bicyclic) bond motifs is 1. The first-order valence-corrected chi connectivity index (χ1v) is 10.1.